The second-order valence-electron chi connectivity index (χ2n) is 18.0. The molecule has 4 amide bonds. The molecule has 3 aromatic carbocycles. The van der Waals surface area contributed by atoms with Gasteiger partial charge in [0.1, 0.15) is 54.2 Å². The molecular formula is C49H49F3N8O9S. The van der Waals surface area contributed by atoms with Crippen LogP contribution in [0.5, 0.6) is 17.2 Å². The Kier molecular flexibility index (Phi) is 14.9. The summed E-state index contributed by atoms with van der Waals surface area (Å²) in [6.07, 6.45) is -1.81. The summed E-state index contributed by atoms with van der Waals surface area (Å²) in [6.45, 7) is 8.41. The predicted octanol–water partition coefficient (Wildman–Crippen LogP) is 6.54. The average molecular weight is 983 g/mol. The van der Waals surface area contributed by atoms with Crippen LogP contribution in [-0.4, -0.2) is 98.8 Å². The normalized spacial score (nSPS) is 17.3. The van der Waals surface area contributed by atoms with Crippen molar-refractivity contribution in [2.24, 2.45) is 5.41 Å². The van der Waals surface area contributed by atoms with Crippen LogP contribution in [0, 0.1) is 16.7 Å². The van der Waals surface area contributed by atoms with Crippen LogP contribution in [0.4, 0.5) is 24.5 Å². The maximum absolute atomic E-state index is 14.0. The Hall–Kier alpha value is -7.41. The number of benzene rings is 3. The largest absolute Gasteiger partial charge is 0.491 e. The Labute approximate surface area is 406 Å². The number of oxazole rings is 1. The molecule has 3 atom stereocenters. The Morgan fingerprint density at radius 1 is 0.971 bits per heavy atom. The molecule has 366 valence electrons. The highest BCUT2D eigenvalue weighted by atomic mass is 32.1. The van der Waals surface area contributed by atoms with Crippen LogP contribution in [0.1, 0.15) is 57.9 Å². The van der Waals surface area contributed by atoms with Crippen LogP contribution < -0.4 is 29.9 Å². The van der Waals surface area contributed by atoms with Crippen molar-refractivity contribution in [3.63, 3.8) is 0 Å². The van der Waals surface area contributed by atoms with Gasteiger partial charge < -0.3 is 44.2 Å². The van der Waals surface area contributed by atoms with Crippen LogP contribution >= 0.6 is 12.2 Å². The summed E-state index contributed by atoms with van der Waals surface area (Å²) >= 11 is 5.60. The van der Waals surface area contributed by atoms with Gasteiger partial charge in [-0.15, -0.1) is 0 Å². The van der Waals surface area contributed by atoms with Crippen molar-refractivity contribution >= 4 is 52.3 Å². The van der Waals surface area contributed by atoms with E-state index in [2.05, 4.69) is 20.6 Å². The summed E-state index contributed by atoms with van der Waals surface area (Å²) < 4.78 is 63.7. The Morgan fingerprint density at radius 2 is 1.63 bits per heavy atom. The number of carbonyl (C=O) groups excluding carboxylic acids is 4. The highest BCUT2D eigenvalue weighted by molar-refractivity contribution is 7.81. The molecule has 3 N–H and O–H groups in total. The highest BCUT2D eigenvalue weighted by Gasteiger charge is 2.51. The van der Waals surface area contributed by atoms with E-state index in [9.17, 15) is 37.5 Å². The van der Waals surface area contributed by atoms with Gasteiger partial charge in [-0.1, -0.05) is 45.0 Å². The van der Waals surface area contributed by atoms with Gasteiger partial charge in [-0.2, -0.15) is 18.4 Å². The van der Waals surface area contributed by atoms with Crippen molar-refractivity contribution in [2.45, 2.75) is 77.5 Å². The third-order valence-electron chi connectivity index (χ3n) is 11.5. The van der Waals surface area contributed by atoms with Crippen molar-refractivity contribution in [3.05, 3.63) is 114 Å². The number of nitrogens with zero attached hydrogens (tertiary/aromatic N) is 6. The quantitative estimate of drug-likeness (QED) is 0.0708. The SMILES string of the molecule is CC(C)(C)[C@H](NC(=O)COCCOc1ccc(Oc2ccc(N3C(=S)N(c4cnc(C#N)c(C(F)(F)F)c4)C(=O)C3(C)C)cc2)cc1)C(=O)N1C[C@H](O)C[C@H]1C(=O)NCc1ccc(-c2cnco2)cc1. The van der Waals surface area contributed by atoms with Crippen LogP contribution in [0.3, 0.4) is 0 Å². The van der Waals surface area contributed by atoms with E-state index in [1.165, 1.54) is 22.3 Å². The minimum Gasteiger partial charge on any atom is -0.491 e. The van der Waals surface area contributed by atoms with Gasteiger partial charge in [-0.3, -0.25) is 24.1 Å². The fourth-order valence-corrected chi connectivity index (χ4v) is 8.42. The first kappa shape index (κ1) is 50.5. The number of nitrogens with one attached hydrogen (secondary N) is 2. The number of aliphatic hydroxyl groups excluding tert-OH is 1. The summed E-state index contributed by atoms with van der Waals surface area (Å²) in [7, 11) is 0. The maximum atomic E-state index is 14.0. The number of thiocarbonyl (C=S) groups is 1. The molecule has 0 bridgehead atoms. The van der Waals surface area contributed by atoms with E-state index >= 15 is 0 Å². The molecule has 7 rings (SSSR count). The standard InChI is InChI=1S/C49H49F3N8O9S/c1-47(2,3)42(44(64)58-26-33(61)21-39(58)43(63)56-23-29-6-8-30(9-7-29)40-25-54-28-68-40)57-41(62)27-66-18-19-67-34-14-16-36(17-15-34)69-35-12-10-31(11-13-35)60-46(70)59(45(65)48(60,4)5)32-20-37(49(50,51)52)38(22-53)55-24-32/h6-17,20,24-25,28,33,39,42,61H,18-19,21,23,26-27H2,1-5H3,(H,56,63)(H,57,62)/t33-,39+,42-/m1/s1. The fraction of sp³-hybridized carbons (Fsp3) is 0.347. The van der Waals surface area contributed by atoms with E-state index in [4.69, 9.17) is 36.1 Å². The first-order chi connectivity index (χ1) is 33.1. The van der Waals surface area contributed by atoms with E-state index in [0.717, 1.165) is 22.2 Å². The van der Waals surface area contributed by atoms with E-state index in [0.29, 0.717) is 34.8 Å². The van der Waals surface area contributed by atoms with Gasteiger partial charge in [0.2, 0.25) is 17.7 Å². The van der Waals surface area contributed by atoms with Gasteiger partial charge >= 0.3 is 6.18 Å². The number of aliphatic hydroxyl groups is 1. The summed E-state index contributed by atoms with van der Waals surface area (Å²) in [5.74, 6) is -0.0836. The molecule has 0 radical (unpaired) electrons. The third kappa shape index (κ3) is 11.4. The topological polar surface area (TPSA) is 213 Å². The lowest BCUT2D eigenvalue weighted by molar-refractivity contribution is -0.144. The van der Waals surface area contributed by atoms with E-state index in [1.54, 1.807) is 89.3 Å². The molecule has 0 unspecified atom stereocenters. The van der Waals surface area contributed by atoms with E-state index in [-0.39, 0.29) is 50.1 Å². The smallest absolute Gasteiger partial charge is 0.419 e. The number of nitriles is 1. The molecule has 2 fully saturated rings. The van der Waals surface area contributed by atoms with Crippen molar-refractivity contribution in [1.82, 2.24) is 25.5 Å². The second-order valence-corrected chi connectivity index (χ2v) is 18.4. The molecule has 21 heteroatoms. The Balaban J connectivity index is 0.861. The highest BCUT2D eigenvalue weighted by Crippen LogP contribution is 2.40. The zero-order chi connectivity index (χ0) is 50.5. The predicted molar refractivity (Wildman–Crippen MR) is 251 cm³/mol. The lowest BCUT2D eigenvalue weighted by atomic mass is 9.85. The van der Waals surface area contributed by atoms with E-state index in [1.807, 2.05) is 24.3 Å². The number of hydrogen-bond donors (Lipinski definition) is 3. The second kappa shape index (κ2) is 20.7. The number of carbonyl (C=O) groups is 4. The molecule has 0 saturated carbocycles. The molecule has 5 aromatic rings. The number of amides is 4. The number of likely N-dealkylation sites (tertiary alicyclic amines) is 1. The average Bonchev–Trinajstić information content (AvgIpc) is 4.04. The number of aromatic nitrogens is 2. The first-order valence-electron chi connectivity index (χ1n) is 21.9. The molecular weight excluding hydrogens is 934 g/mol. The first-order valence-corrected chi connectivity index (χ1v) is 22.3. The molecule has 4 heterocycles. The zero-order valence-electron chi connectivity index (χ0n) is 38.7. The minimum absolute atomic E-state index is 0.0368. The van der Waals surface area contributed by atoms with Crippen LogP contribution in [0.25, 0.3) is 11.3 Å². The van der Waals surface area contributed by atoms with Crippen LogP contribution in [0.2, 0.25) is 0 Å². The van der Waals surface area contributed by atoms with Crippen molar-refractivity contribution in [2.75, 3.05) is 36.2 Å². The number of β-amino-alcohol motifs (C(OH)–C–C–N with tert-alkyl or cyclic N) is 1. The number of halogens is 3. The molecule has 2 aliphatic heterocycles. The monoisotopic (exact) mass is 982 g/mol. The molecule has 0 spiro atoms. The lowest BCUT2D eigenvalue weighted by Gasteiger charge is -2.35. The molecule has 0 aliphatic carbocycles. The van der Waals surface area contributed by atoms with Crippen LogP contribution in [0.15, 0.2) is 102 Å². The van der Waals surface area contributed by atoms with Crippen molar-refractivity contribution in [3.8, 4) is 34.6 Å². The van der Waals surface area contributed by atoms with Gasteiger partial charge in [0.25, 0.3) is 5.91 Å². The number of rotatable bonds is 16. The summed E-state index contributed by atoms with van der Waals surface area (Å²) in [5.41, 5.74) is -2.27. The Morgan fingerprint density at radius 3 is 2.24 bits per heavy atom. The summed E-state index contributed by atoms with van der Waals surface area (Å²) in [5, 5.41) is 25.2. The van der Waals surface area contributed by atoms with Crippen molar-refractivity contribution in [1.29, 1.82) is 5.26 Å². The molecule has 70 heavy (non-hydrogen) atoms. The third-order valence-corrected chi connectivity index (χ3v) is 11.9. The molecule has 2 aliphatic rings. The number of pyridine rings is 1. The minimum atomic E-state index is -4.88. The maximum Gasteiger partial charge on any atom is 0.419 e. The Bertz CT molecular complexity index is 2760. The van der Waals surface area contributed by atoms with Gasteiger partial charge in [-0.25, -0.2) is 9.97 Å². The molecule has 17 nitrogen and oxygen atoms in total. The van der Waals surface area contributed by atoms with Gasteiger partial charge in [0.15, 0.2) is 23.0 Å². The summed E-state index contributed by atoms with van der Waals surface area (Å²) in [4.78, 5) is 65.3. The van der Waals surface area contributed by atoms with Gasteiger partial charge in [0.05, 0.1) is 36.4 Å². The number of hydrogen-bond acceptors (Lipinski definition) is 13. The number of ether oxygens (including phenoxy) is 3. The van der Waals surface area contributed by atoms with E-state index < -0.39 is 70.2 Å². The van der Waals surface area contributed by atoms with Gasteiger partial charge in [0, 0.05) is 30.8 Å². The lowest BCUT2D eigenvalue weighted by Crippen LogP contribution is -2.58. The number of alkyl halides is 3. The van der Waals surface area contributed by atoms with Gasteiger partial charge in [-0.05, 0) is 91.6 Å². The molecule has 2 aromatic heterocycles. The van der Waals surface area contributed by atoms with Crippen LogP contribution in [-0.2, 0) is 36.6 Å². The zero-order valence-corrected chi connectivity index (χ0v) is 39.5. The van der Waals surface area contributed by atoms with Crippen molar-refractivity contribution < 1.29 is 56.1 Å². The summed E-state index contributed by atoms with van der Waals surface area (Å²) in [6, 6.07) is 20.8. The molecule has 2 saturated heterocycles. The fourth-order valence-electron chi connectivity index (χ4n) is 7.90. The number of anilines is 2.